The number of ether oxygens (including phenoxy) is 1. The van der Waals surface area contributed by atoms with Crippen molar-refractivity contribution in [3.63, 3.8) is 0 Å². The van der Waals surface area contributed by atoms with Gasteiger partial charge in [0.05, 0.1) is 24.1 Å². The topological polar surface area (TPSA) is 80.0 Å². The number of fused-ring (bicyclic) bond motifs is 1. The van der Waals surface area contributed by atoms with Gasteiger partial charge in [0, 0.05) is 10.9 Å². The lowest BCUT2D eigenvalue weighted by Gasteiger charge is -2.24. The zero-order chi connectivity index (χ0) is 24.5. The van der Waals surface area contributed by atoms with E-state index in [9.17, 15) is 14.7 Å². The molecule has 0 saturated carbocycles. The molecule has 2 heterocycles. The Labute approximate surface area is 203 Å². The van der Waals surface area contributed by atoms with Crippen molar-refractivity contribution in [3.8, 4) is 5.75 Å². The average Bonchev–Trinajstić information content (AvgIpc) is 3.49. The van der Waals surface area contributed by atoms with Crippen LogP contribution in [0.2, 0.25) is 0 Å². The maximum absolute atomic E-state index is 13.4. The van der Waals surface area contributed by atoms with E-state index < -0.39 is 17.7 Å². The molecule has 1 amide bonds. The number of aliphatic hydroxyl groups excluding tert-OH is 1. The molecule has 1 aliphatic rings. The summed E-state index contributed by atoms with van der Waals surface area (Å²) in [6.07, 6.45) is 1.49. The van der Waals surface area contributed by atoms with E-state index in [4.69, 9.17) is 9.15 Å². The van der Waals surface area contributed by atoms with Crippen LogP contribution >= 0.6 is 0 Å². The fourth-order valence-corrected chi connectivity index (χ4v) is 4.37. The van der Waals surface area contributed by atoms with Gasteiger partial charge >= 0.3 is 0 Å². The van der Waals surface area contributed by atoms with Crippen molar-refractivity contribution in [2.45, 2.75) is 19.9 Å². The van der Waals surface area contributed by atoms with Crippen molar-refractivity contribution < 1.29 is 23.8 Å². The lowest BCUT2D eigenvalue weighted by atomic mass is 9.98. The molecule has 0 bridgehead atoms. The van der Waals surface area contributed by atoms with Crippen LogP contribution in [0.5, 0.6) is 5.75 Å². The molecule has 1 N–H and O–H groups in total. The SMILES string of the molecule is CC(C)COc1cccc(/C(O)=C2/C(=O)C(=O)N(c3cccc4ccccc34)C2c2ccco2)c1. The van der Waals surface area contributed by atoms with Gasteiger partial charge in [0.25, 0.3) is 11.7 Å². The number of benzene rings is 3. The lowest BCUT2D eigenvalue weighted by Crippen LogP contribution is -2.29. The Morgan fingerprint density at radius 3 is 2.54 bits per heavy atom. The summed E-state index contributed by atoms with van der Waals surface area (Å²) in [4.78, 5) is 28.2. The van der Waals surface area contributed by atoms with Gasteiger partial charge < -0.3 is 14.3 Å². The fourth-order valence-electron chi connectivity index (χ4n) is 4.37. The molecule has 6 heteroatoms. The third kappa shape index (κ3) is 4.08. The minimum absolute atomic E-state index is 0.0288. The molecule has 0 radical (unpaired) electrons. The first-order valence-corrected chi connectivity index (χ1v) is 11.5. The largest absolute Gasteiger partial charge is 0.507 e. The molecule has 1 fully saturated rings. The van der Waals surface area contributed by atoms with Gasteiger partial charge in [0.1, 0.15) is 23.3 Å². The van der Waals surface area contributed by atoms with E-state index in [1.807, 2.05) is 50.2 Å². The van der Waals surface area contributed by atoms with E-state index in [0.717, 1.165) is 10.8 Å². The summed E-state index contributed by atoms with van der Waals surface area (Å²) >= 11 is 0. The molecule has 1 atom stereocenters. The van der Waals surface area contributed by atoms with Gasteiger partial charge in [-0.25, -0.2) is 0 Å². The summed E-state index contributed by atoms with van der Waals surface area (Å²) in [6, 6.07) is 22.6. The number of carbonyl (C=O) groups is 2. The molecular formula is C29H25NO5. The number of aliphatic hydroxyl groups is 1. The third-order valence-corrected chi connectivity index (χ3v) is 5.97. The number of anilines is 1. The Balaban J connectivity index is 1.67. The van der Waals surface area contributed by atoms with Crippen LogP contribution in [0.25, 0.3) is 16.5 Å². The van der Waals surface area contributed by atoms with Crippen LogP contribution in [0.15, 0.2) is 95.1 Å². The Morgan fingerprint density at radius 1 is 1.00 bits per heavy atom. The molecule has 1 unspecified atom stereocenters. The quantitative estimate of drug-likeness (QED) is 0.211. The second kappa shape index (κ2) is 9.14. The van der Waals surface area contributed by atoms with E-state index in [1.165, 1.54) is 11.2 Å². The highest BCUT2D eigenvalue weighted by molar-refractivity contribution is 6.52. The second-order valence-electron chi connectivity index (χ2n) is 8.92. The summed E-state index contributed by atoms with van der Waals surface area (Å²) in [7, 11) is 0. The summed E-state index contributed by atoms with van der Waals surface area (Å²) in [6.45, 7) is 4.60. The number of rotatable bonds is 6. The highest BCUT2D eigenvalue weighted by atomic mass is 16.5. The van der Waals surface area contributed by atoms with Gasteiger partial charge in [0.15, 0.2) is 0 Å². The second-order valence-corrected chi connectivity index (χ2v) is 8.92. The maximum Gasteiger partial charge on any atom is 0.300 e. The molecule has 4 aromatic rings. The predicted octanol–water partition coefficient (Wildman–Crippen LogP) is 6.09. The first-order valence-electron chi connectivity index (χ1n) is 11.5. The van der Waals surface area contributed by atoms with Crippen molar-refractivity contribution >= 4 is 33.9 Å². The summed E-state index contributed by atoms with van der Waals surface area (Å²) < 4.78 is 11.5. The van der Waals surface area contributed by atoms with Crippen molar-refractivity contribution in [2.24, 2.45) is 5.92 Å². The smallest absolute Gasteiger partial charge is 0.300 e. The van der Waals surface area contributed by atoms with Gasteiger partial charge in [-0.2, -0.15) is 0 Å². The molecule has 1 aromatic heterocycles. The van der Waals surface area contributed by atoms with E-state index in [1.54, 1.807) is 42.5 Å². The normalized spacial score (nSPS) is 17.5. The van der Waals surface area contributed by atoms with Crippen molar-refractivity contribution in [1.82, 2.24) is 0 Å². The molecule has 5 rings (SSSR count). The van der Waals surface area contributed by atoms with E-state index in [0.29, 0.717) is 35.3 Å². The molecular weight excluding hydrogens is 442 g/mol. The number of nitrogens with zero attached hydrogens (tertiary/aromatic N) is 1. The van der Waals surface area contributed by atoms with Crippen LogP contribution < -0.4 is 9.64 Å². The number of Topliss-reactive ketones (excluding diaryl/α,β-unsaturated/α-hetero) is 1. The number of hydrogen-bond acceptors (Lipinski definition) is 5. The summed E-state index contributed by atoms with van der Waals surface area (Å²) in [5, 5.41) is 13.1. The highest BCUT2D eigenvalue weighted by Gasteiger charge is 2.48. The van der Waals surface area contributed by atoms with Gasteiger partial charge in [-0.3, -0.25) is 14.5 Å². The molecule has 0 aliphatic carbocycles. The first-order chi connectivity index (χ1) is 17.0. The maximum atomic E-state index is 13.4. The van der Waals surface area contributed by atoms with E-state index in [-0.39, 0.29) is 11.3 Å². The minimum Gasteiger partial charge on any atom is -0.507 e. The molecule has 1 aliphatic heterocycles. The number of carbonyl (C=O) groups excluding carboxylic acids is 2. The van der Waals surface area contributed by atoms with Gasteiger partial charge in [-0.05, 0) is 41.6 Å². The molecule has 0 spiro atoms. The van der Waals surface area contributed by atoms with Gasteiger partial charge in [0.2, 0.25) is 0 Å². The predicted molar refractivity (Wildman–Crippen MR) is 134 cm³/mol. The Hall–Kier alpha value is -4.32. The number of ketones is 1. The third-order valence-electron chi connectivity index (χ3n) is 5.97. The molecule has 6 nitrogen and oxygen atoms in total. The zero-order valence-corrected chi connectivity index (χ0v) is 19.5. The van der Waals surface area contributed by atoms with Crippen molar-refractivity contribution in [3.05, 3.63) is 102 Å². The van der Waals surface area contributed by atoms with Crippen LogP contribution in [0.3, 0.4) is 0 Å². The number of amides is 1. The van der Waals surface area contributed by atoms with Crippen LogP contribution in [0.4, 0.5) is 5.69 Å². The molecule has 35 heavy (non-hydrogen) atoms. The van der Waals surface area contributed by atoms with Gasteiger partial charge in [-0.1, -0.05) is 62.4 Å². The van der Waals surface area contributed by atoms with E-state index in [2.05, 4.69) is 0 Å². The van der Waals surface area contributed by atoms with Crippen molar-refractivity contribution in [1.29, 1.82) is 0 Å². The molecule has 176 valence electrons. The Morgan fingerprint density at radius 2 is 1.77 bits per heavy atom. The van der Waals surface area contributed by atoms with Crippen molar-refractivity contribution in [2.75, 3.05) is 11.5 Å². The molecule has 3 aromatic carbocycles. The standard InChI is InChI=1S/C29H25NO5/c1-18(2)17-35-21-11-5-10-20(16-21)27(31)25-26(24-14-7-15-34-24)30(29(33)28(25)32)23-13-6-9-19-8-3-4-12-22(19)23/h3-16,18,26,31H,17H2,1-2H3/b27-25-. The lowest BCUT2D eigenvalue weighted by molar-refractivity contribution is -0.132. The average molecular weight is 468 g/mol. The van der Waals surface area contributed by atoms with Crippen LogP contribution in [-0.2, 0) is 9.59 Å². The number of hydrogen-bond donors (Lipinski definition) is 1. The minimum atomic E-state index is -0.920. The Bertz CT molecular complexity index is 1430. The summed E-state index contributed by atoms with van der Waals surface area (Å²) in [5.41, 5.74) is 0.928. The summed E-state index contributed by atoms with van der Waals surface area (Å²) in [5.74, 6) is -0.493. The van der Waals surface area contributed by atoms with Crippen LogP contribution in [0, 0.1) is 5.92 Å². The van der Waals surface area contributed by atoms with E-state index >= 15 is 0 Å². The highest BCUT2D eigenvalue weighted by Crippen LogP contribution is 2.44. The fraction of sp³-hybridized carbons (Fsp3) is 0.172. The zero-order valence-electron chi connectivity index (χ0n) is 19.5. The van der Waals surface area contributed by atoms with Crippen LogP contribution in [0.1, 0.15) is 31.2 Å². The van der Waals surface area contributed by atoms with Gasteiger partial charge in [-0.15, -0.1) is 0 Å². The Kier molecular flexibility index (Phi) is 5.87. The van der Waals surface area contributed by atoms with Crippen LogP contribution in [-0.4, -0.2) is 23.4 Å². The number of furan rings is 1. The monoisotopic (exact) mass is 467 g/mol. The molecule has 1 saturated heterocycles. The first kappa shape index (κ1) is 22.5.